The zero-order chi connectivity index (χ0) is 21.1. The van der Waals surface area contributed by atoms with E-state index in [1.165, 1.54) is 5.01 Å². The molecule has 9 heteroatoms. The van der Waals surface area contributed by atoms with Gasteiger partial charge in [-0.15, -0.1) is 5.01 Å². The van der Waals surface area contributed by atoms with Gasteiger partial charge >= 0.3 is 6.18 Å². The van der Waals surface area contributed by atoms with Crippen LogP contribution in [0.3, 0.4) is 0 Å². The number of hydrogen-bond donors (Lipinski definition) is 0. The minimum Gasteiger partial charge on any atom is -0.569 e. The van der Waals surface area contributed by atoms with Crippen molar-refractivity contribution in [2.45, 2.75) is 77.3 Å². The SMILES string of the molecule is Cc1cc(O[C@H]2CC[C@@H](O/N=[N+](\[O-])N(C)C(C)(C)C)CC2)cc(C(F)(F)F)c1. The summed E-state index contributed by atoms with van der Waals surface area (Å²) in [4.78, 5) is 5.76. The third-order valence-corrected chi connectivity index (χ3v) is 4.80. The maximum atomic E-state index is 12.9. The molecule has 0 amide bonds. The van der Waals surface area contributed by atoms with Crippen molar-refractivity contribution in [2.24, 2.45) is 5.28 Å². The van der Waals surface area contributed by atoms with Crippen LogP contribution in [-0.4, -0.2) is 34.8 Å². The van der Waals surface area contributed by atoms with Gasteiger partial charge in [-0.05, 0) is 77.1 Å². The molecule has 0 heterocycles. The van der Waals surface area contributed by atoms with Gasteiger partial charge in [0.2, 0.25) is 5.28 Å². The number of alkyl halides is 3. The molecule has 0 bridgehead atoms. The number of nitrogens with zero attached hydrogens (tertiary/aromatic N) is 3. The lowest BCUT2D eigenvalue weighted by Crippen LogP contribution is -2.42. The second-order valence-electron chi connectivity index (χ2n) is 8.18. The summed E-state index contributed by atoms with van der Waals surface area (Å²) in [5, 5.41) is 16.9. The number of hydrogen-bond acceptors (Lipinski definition) is 4. The average molecular weight is 403 g/mol. The molecule has 0 aromatic heterocycles. The summed E-state index contributed by atoms with van der Waals surface area (Å²) in [5.41, 5.74) is -0.598. The highest BCUT2D eigenvalue weighted by Crippen LogP contribution is 2.34. The topological polar surface area (TPSA) is 60.1 Å². The normalized spacial score (nSPS) is 21.4. The molecule has 2 rings (SSSR count). The van der Waals surface area contributed by atoms with Gasteiger partial charge in [0, 0.05) is 0 Å². The standard InChI is InChI=1S/C19H28F3N3O3/c1-13-10-14(19(20,21)22)12-17(11-13)27-15-6-8-16(9-7-15)28-23-25(26)24(5)18(2,3)4/h10-12,15-16H,6-9H2,1-5H3/b25-23-/t15-,16+. The molecule has 0 spiro atoms. The van der Waals surface area contributed by atoms with Crippen LogP contribution in [0.15, 0.2) is 23.5 Å². The van der Waals surface area contributed by atoms with Crippen LogP contribution < -0.4 is 4.74 Å². The minimum atomic E-state index is -4.40. The Hall–Kier alpha value is -2.19. The molecular weight excluding hydrogens is 375 g/mol. The lowest BCUT2D eigenvalue weighted by Gasteiger charge is -2.28. The van der Waals surface area contributed by atoms with E-state index in [-0.39, 0.29) is 23.5 Å². The summed E-state index contributed by atoms with van der Waals surface area (Å²) in [6.45, 7) is 7.25. The third kappa shape index (κ3) is 6.17. The number of rotatable bonds is 5. The summed E-state index contributed by atoms with van der Waals surface area (Å²) >= 11 is 0. The first-order chi connectivity index (χ1) is 12.9. The molecule has 6 nitrogen and oxygen atoms in total. The van der Waals surface area contributed by atoms with Gasteiger partial charge in [0.15, 0.2) is 0 Å². The van der Waals surface area contributed by atoms with Crippen LogP contribution in [0.1, 0.15) is 57.6 Å². The van der Waals surface area contributed by atoms with Crippen molar-refractivity contribution in [3.8, 4) is 5.75 Å². The predicted molar refractivity (Wildman–Crippen MR) is 97.5 cm³/mol. The highest BCUT2D eigenvalue weighted by Gasteiger charge is 2.32. The molecule has 1 aromatic rings. The highest BCUT2D eigenvalue weighted by atomic mass is 19.4. The number of halogens is 3. The summed E-state index contributed by atoms with van der Waals surface area (Å²) in [5.74, 6) is 0.221. The zero-order valence-corrected chi connectivity index (χ0v) is 16.9. The van der Waals surface area contributed by atoms with Crippen molar-refractivity contribution in [2.75, 3.05) is 7.05 Å². The van der Waals surface area contributed by atoms with Gasteiger partial charge in [0.05, 0.1) is 29.2 Å². The molecule has 1 aliphatic carbocycles. The smallest absolute Gasteiger partial charge is 0.416 e. The fourth-order valence-electron chi connectivity index (χ4n) is 2.85. The minimum absolute atomic E-state index is 0.191. The number of ether oxygens (including phenoxy) is 1. The van der Waals surface area contributed by atoms with Crippen molar-refractivity contribution >= 4 is 0 Å². The van der Waals surface area contributed by atoms with Crippen LogP contribution in [0, 0.1) is 12.1 Å². The zero-order valence-electron chi connectivity index (χ0n) is 16.9. The molecule has 0 aliphatic heterocycles. The molecule has 0 N–H and O–H groups in total. The Morgan fingerprint density at radius 3 is 2.18 bits per heavy atom. The Morgan fingerprint density at radius 1 is 1.07 bits per heavy atom. The number of hydrazine groups is 1. The summed E-state index contributed by atoms with van der Waals surface area (Å²) < 4.78 is 44.6. The Kier molecular flexibility index (Phi) is 6.67. The van der Waals surface area contributed by atoms with Crippen LogP contribution >= 0.6 is 0 Å². The molecule has 158 valence electrons. The number of aryl methyl sites for hydroxylation is 1. The van der Waals surface area contributed by atoms with E-state index in [4.69, 9.17) is 9.57 Å². The van der Waals surface area contributed by atoms with Crippen LogP contribution in [0.4, 0.5) is 13.2 Å². The first-order valence-corrected chi connectivity index (χ1v) is 9.29. The molecule has 0 radical (unpaired) electrons. The van der Waals surface area contributed by atoms with E-state index in [0.717, 1.165) is 12.1 Å². The fourth-order valence-corrected chi connectivity index (χ4v) is 2.85. The largest absolute Gasteiger partial charge is 0.569 e. The predicted octanol–water partition coefficient (Wildman–Crippen LogP) is 5.24. The summed E-state index contributed by atoms with van der Waals surface area (Å²) in [7, 11) is 1.63. The Morgan fingerprint density at radius 2 is 1.64 bits per heavy atom. The van der Waals surface area contributed by atoms with Gasteiger partial charge in [0.25, 0.3) is 0 Å². The van der Waals surface area contributed by atoms with Crippen LogP contribution in [0.5, 0.6) is 5.75 Å². The molecule has 1 saturated carbocycles. The van der Waals surface area contributed by atoms with Gasteiger partial charge in [-0.3, -0.25) is 0 Å². The van der Waals surface area contributed by atoms with Crippen molar-refractivity contribution in [1.82, 2.24) is 5.01 Å². The van der Waals surface area contributed by atoms with Crippen molar-refractivity contribution in [1.29, 1.82) is 0 Å². The van der Waals surface area contributed by atoms with Crippen LogP contribution in [0.25, 0.3) is 0 Å². The molecule has 0 unspecified atom stereocenters. The van der Waals surface area contributed by atoms with Crippen molar-refractivity contribution in [3.63, 3.8) is 0 Å². The van der Waals surface area contributed by atoms with E-state index in [0.29, 0.717) is 36.2 Å². The van der Waals surface area contributed by atoms with Gasteiger partial charge in [-0.2, -0.15) is 13.2 Å². The number of benzene rings is 1. The fraction of sp³-hybridized carbons (Fsp3) is 0.684. The van der Waals surface area contributed by atoms with E-state index < -0.39 is 11.7 Å². The first kappa shape index (κ1) is 22.1. The second-order valence-corrected chi connectivity index (χ2v) is 8.18. The molecule has 0 saturated heterocycles. The molecule has 1 fully saturated rings. The van der Waals surface area contributed by atoms with Gasteiger partial charge in [-0.25, -0.2) is 0 Å². The van der Waals surface area contributed by atoms with Crippen LogP contribution in [0.2, 0.25) is 0 Å². The van der Waals surface area contributed by atoms with Crippen molar-refractivity contribution < 1.29 is 27.7 Å². The van der Waals surface area contributed by atoms with Crippen molar-refractivity contribution in [3.05, 3.63) is 34.5 Å². The average Bonchev–Trinajstić information content (AvgIpc) is 2.58. The molecule has 1 aliphatic rings. The molecule has 0 atom stereocenters. The lowest BCUT2D eigenvalue weighted by molar-refractivity contribution is -0.720. The quantitative estimate of drug-likeness (QED) is 0.383. The summed E-state index contributed by atoms with van der Waals surface area (Å²) in [6.07, 6.45) is -2.36. The monoisotopic (exact) mass is 403 g/mol. The molecular formula is C19H28F3N3O3. The Balaban J connectivity index is 1.89. The third-order valence-electron chi connectivity index (χ3n) is 4.80. The second kappa shape index (κ2) is 8.45. The van der Waals surface area contributed by atoms with E-state index in [1.807, 2.05) is 20.8 Å². The van der Waals surface area contributed by atoms with E-state index in [9.17, 15) is 18.4 Å². The lowest BCUT2D eigenvalue weighted by atomic mass is 9.95. The van der Waals surface area contributed by atoms with Gasteiger partial charge in [0.1, 0.15) is 11.9 Å². The summed E-state index contributed by atoms with van der Waals surface area (Å²) in [6, 6.07) is 3.73. The molecule has 28 heavy (non-hydrogen) atoms. The van der Waals surface area contributed by atoms with Gasteiger partial charge < -0.3 is 14.8 Å². The molecule has 1 aromatic carbocycles. The Bertz CT molecular complexity index is 694. The maximum Gasteiger partial charge on any atom is 0.416 e. The van der Waals surface area contributed by atoms with Gasteiger partial charge in [-0.1, -0.05) is 0 Å². The van der Waals surface area contributed by atoms with Crippen LogP contribution in [-0.2, 0) is 11.0 Å². The Labute approximate surface area is 163 Å². The highest BCUT2D eigenvalue weighted by molar-refractivity contribution is 5.35. The van der Waals surface area contributed by atoms with E-state index in [1.54, 1.807) is 20.0 Å². The first-order valence-electron chi connectivity index (χ1n) is 9.29. The van der Waals surface area contributed by atoms with E-state index >= 15 is 0 Å². The van der Waals surface area contributed by atoms with E-state index in [2.05, 4.69) is 5.28 Å². The maximum absolute atomic E-state index is 12.9.